The maximum atomic E-state index is 9.39. The van der Waals surface area contributed by atoms with Gasteiger partial charge in [-0.15, -0.1) is 0 Å². The first-order valence-electron chi connectivity index (χ1n) is 6.72. The van der Waals surface area contributed by atoms with Crippen LogP contribution in [-0.4, -0.2) is 5.75 Å². The summed E-state index contributed by atoms with van der Waals surface area (Å²) in [5.74, 6) is 1.73. The summed E-state index contributed by atoms with van der Waals surface area (Å²) in [6.07, 6.45) is 0.631. The molecule has 2 rings (SSSR count). The molecule has 2 nitrogen and oxygen atoms in total. The molecular formula is C17H17ClN2S. The average Bonchev–Trinajstić information content (AvgIpc) is 2.54. The Bertz CT molecular complexity index is 607. The third kappa shape index (κ3) is 4.50. The fourth-order valence-corrected chi connectivity index (χ4v) is 3.17. The van der Waals surface area contributed by atoms with E-state index in [4.69, 9.17) is 17.3 Å². The summed E-state index contributed by atoms with van der Waals surface area (Å²) < 4.78 is 0. The Morgan fingerprint density at radius 1 is 1.10 bits per heavy atom. The molecule has 0 aliphatic rings. The van der Waals surface area contributed by atoms with Crippen LogP contribution in [0.5, 0.6) is 0 Å². The van der Waals surface area contributed by atoms with Gasteiger partial charge in [0.05, 0.1) is 6.07 Å². The van der Waals surface area contributed by atoms with Crippen molar-refractivity contribution in [2.45, 2.75) is 17.7 Å². The number of nitrogens with zero attached hydrogens (tertiary/aromatic N) is 1. The molecule has 0 heterocycles. The van der Waals surface area contributed by atoms with Gasteiger partial charge in [-0.2, -0.15) is 17.0 Å². The van der Waals surface area contributed by atoms with E-state index in [0.29, 0.717) is 6.42 Å². The smallest absolute Gasteiger partial charge is 0.130 e. The first kappa shape index (κ1) is 15.9. The largest absolute Gasteiger partial charge is 0.310 e. The van der Waals surface area contributed by atoms with Crippen molar-refractivity contribution < 1.29 is 0 Å². The molecule has 0 radical (unpaired) electrons. The molecule has 2 aromatic carbocycles. The molecular weight excluding hydrogens is 300 g/mol. The molecule has 21 heavy (non-hydrogen) atoms. The molecule has 2 aromatic rings. The zero-order chi connectivity index (χ0) is 15.1. The molecule has 0 spiro atoms. The first-order chi connectivity index (χ1) is 10.1. The number of hydrogen-bond acceptors (Lipinski definition) is 3. The number of hydrogen-bond donors (Lipinski definition) is 1. The van der Waals surface area contributed by atoms with Gasteiger partial charge in [-0.05, 0) is 35.4 Å². The zero-order valence-electron chi connectivity index (χ0n) is 11.6. The Balaban J connectivity index is 1.87. The van der Waals surface area contributed by atoms with E-state index in [1.807, 2.05) is 54.6 Å². The lowest BCUT2D eigenvalue weighted by Gasteiger charge is -2.21. The quantitative estimate of drug-likeness (QED) is 0.806. The van der Waals surface area contributed by atoms with Crippen LogP contribution < -0.4 is 5.73 Å². The van der Waals surface area contributed by atoms with E-state index in [1.54, 1.807) is 11.8 Å². The normalized spacial score (nSPS) is 13.4. The van der Waals surface area contributed by atoms with Crippen molar-refractivity contribution >= 4 is 23.4 Å². The van der Waals surface area contributed by atoms with Crippen molar-refractivity contribution in [2.24, 2.45) is 5.73 Å². The van der Waals surface area contributed by atoms with Crippen LogP contribution in [0.4, 0.5) is 0 Å². The van der Waals surface area contributed by atoms with Crippen LogP contribution >= 0.6 is 23.4 Å². The van der Waals surface area contributed by atoms with Crippen LogP contribution in [0.3, 0.4) is 0 Å². The summed E-state index contributed by atoms with van der Waals surface area (Å²) in [5.41, 5.74) is 7.42. The lowest BCUT2D eigenvalue weighted by atomic mass is 9.90. The second kappa shape index (κ2) is 7.51. The van der Waals surface area contributed by atoms with Crippen molar-refractivity contribution in [3.8, 4) is 6.07 Å². The molecule has 108 valence electrons. The second-order valence-corrected chi connectivity index (χ2v) is 6.42. The third-order valence-corrected chi connectivity index (χ3v) is 4.59. The monoisotopic (exact) mass is 316 g/mol. The molecule has 0 saturated carbocycles. The molecule has 0 bridgehead atoms. The van der Waals surface area contributed by atoms with Crippen LogP contribution in [-0.2, 0) is 11.3 Å². The van der Waals surface area contributed by atoms with Crippen molar-refractivity contribution in [1.29, 1.82) is 5.26 Å². The number of benzene rings is 2. The van der Waals surface area contributed by atoms with Gasteiger partial charge in [0.1, 0.15) is 5.54 Å². The number of rotatable bonds is 6. The van der Waals surface area contributed by atoms with Crippen LogP contribution in [0.15, 0.2) is 54.6 Å². The van der Waals surface area contributed by atoms with Crippen molar-refractivity contribution in [2.75, 3.05) is 5.75 Å². The minimum atomic E-state index is -0.908. The van der Waals surface area contributed by atoms with Crippen LogP contribution in [0.1, 0.15) is 17.5 Å². The molecule has 0 saturated heterocycles. The molecule has 0 amide bonds. The van der Waals surface area contributed by atoms with E-state index in [2.05, 4.69) is 6.07 Å². The summed E-state index contributed by atoms with van der Waals surface area (Å²) in [6, 6.07) is 19.6. The molecule has 0 aliphatic heterocycles. The van der Waals surface area contributed by atoms with Gasteiger partial charge in [0, 0.05) is 10.8 Å². The third-order valence-electron chi connectivity index (χ3n) is 3.31. The standard InChI is InChI=1S/C17H17ClN2S/c18-16-8-6-14(7-9-16)12-21-11-10-17(20,13-19)15-4-2-1-3-5-15/h1-9H,10-12,20H2. The minimum Gasteiger partial charge on any atom is -0.310 e. The van der Waals surface area contributed by atoms with Gasteiger partial charge in [-0.3, -0.25) is 0 Å². The highest BCUT2D eigenvalue weighted by molar-refractivity contribution is 7.98. The Hall–Kier alpha value is -1.47. The summed E-state index contributed by atoms with van der Waals surface area (Å²) in [4.78, 5) is 0. The van der Waals surface area contributed by atoms with E-state index in [1.165, 1.54) is 5.56 Å². The van der Waals surface area contributed by atoms with Gasteiger partial charge in [-0.25, -0.2) is 0 Å². The lowest BCUT2D eigenvalue weighted by Crippen LogP contribution is -2.35. The van der Waals surface area contributed by atoms with Crippen molar-refractivity contribution in [3.05, 3.63) is 70.7 Å². The predicted molar refractivity (Wildman–Crippen MR) is 90.2 cm³/mol. The molecule has 1 atom stereocenters. The summed E-state index contributed by atoms with van der Waals surface area (Å²) >= 11 is 7.63. The van der Waals surface area contributed by atoms with Gasteiger partial charge in [0.2, 0.25) is 0 Å². The van der Waals surface area contributed by atoms with Gasteiger partial charge >= 0.3 is 0 Å². The van der Waals surface area contributed by atoms with Gasteiger partial charge in [0.15, 0.2) is 0 Å². The van der Waals surface area contributed by atoms with Crippen LogP contribution in [0, 0.1) is 11.3 Å². The Morgan fingerprint density at radius 3 is 2.38 bits per heavy atom. The number of nitrogens with two attached hydrogens (primary N) is 1. The molecule has 0 aromatic heterocycles. The topological polar surface area (TPSA) is 49.8 Å². The summed E-state index contributed by atoms with van der Waals surface area (Å²) in [6.45, 7) is 0. The van der Waals surface area contributed by atoms with E-state index in [0.717, 1.165) is 22.1 Å². The number of halogens is 1. The molecule has 0 fully saturated rings. The van der Waals surface area contributed by atoms with Gasteiger partial charge in [0.25, 0.3) is 0 Å². The SMILES string of the molecule is N#CC(N)(CCSCc1ccc(Cl)cc1)c1ccccc1. The van der Waals surface area contributed by atoms with E-state index < -0.39 is 5.54 Å². The lowest BCUT2D eigenvalue weighted by molar-refractivity contribution is 0.560. The number of thioether (sulfide) groups is 1. The second-order valence-electron chi connectivity index (χ2n) is 4.88. The average molecular weight is 317 g/mol. The molecule has 2 N–H and O–H groups in total. The van der Waals surface area contributed by atoms with Gasteiger partial charge in [-0.1, -0.05) is 54.1 Å². The van der Waals surface area contributed by atoms with E-state index >= 15 is 0 Å². The van der Waals surface area contributed by atoms with E-state index in [-0.39, 0.29) is 0 Å². The van der Waals surface area contributed by atoms with Crippen molar-refractivity contribution in [3.63, 3.8) is 0 Å². The highest BCUT2D eigenvalue weighted by Crippen LogP contribution is 2.25. The zero-order valence-corrected chi connectivity index (χ0v) is 13.2. The van der Waals surface area contributed by atoms with Gasteiger partial charge < -0.3 is 5.73 Å². The maximum absolute atomic E-state index is 9.39. The predicted octanol–water partition coefficient (Wildman–Crippen LogP) is 4.34. The van der Waals surface area contributed by atoms with Crippen LogP contribution in [0.25, 0.3) is 0 Å². The highest BCUT2D eigenvalue weighted by Gasteiger charge is 2.26. The number of nitriles is 1. The highest BCUT2D eigenvalue weighted by atomic mass is 35.5. The minimum absolute atomic E-state index is 0.631. The Kier molecular flexibility index (Phi) is 5.69. The first-order valence-corrected chi connectivity index (χ1v) is 8.25. The Labute approximate surface area is 134 Å². The van der Waals surface area contributed by atoms with Crippen molar-refractivity contribution in [1.82, 2.24) is 0 Å². The fraction of sp³-hybridized carbons (Fsp3) is 0.235. The summed E-state index contributed by atoms with van der Waals surface area (Å²) in [7, 11) is 0. The van der Waals surface area contributed by atoms with E-state index in [9.17, 15) is 5.26 Å². The maximum Gasteiger partial charge on any atom is 0.130 e. The molecule has 1 unspecified atom stereocenters. The summed E-state index contributed by atoms with van der Waals surface area (Å²) in [5, 5.41) is 10.1. The van der Waals surface area contributed by atoms with Crippen LogP contribution in [0.2, 0.25) is 5.02 Å². The fourth-order valence-electron chi connectivity index (χ4n) is 2.00. The molecule has 0 aliphatic carbocycles. The molecule has 4 heteroatoms. The Morgan fingerprint density at radius 2 is 1.76 bits per heavy atom.